The lowest BCUT2D eigenvalue weighted by Crippen LogP contribution is -2.39. The van der Waals surface area contributed by atoms with Gasteiger partial charge in [-0.2, -0.15) is 0 Å². The number of hydrogen-bond donors (Lipinski definition) is 1. The van der Waals surface area contributed by atoms with Gasteiger partial charge in [-0.05, 0) is 58.7 Å². The fourth-order valence-electron chi connectivity index (χ4n) is 3.08. The summed E-state index contributed by atoms with van der Waals surface area (Å²) in [7, 11) is 0. The van der Waals surface area contributed by atoms with Crippen LogP contribution >= 0.6 is 0 Å². The number of ether oxygens (including phenoxy) is 1. The van der Waals surface area contributed by atoms with Crippen LogP contribution in [0.2, 0.25) is 0 Å². The van der Waals surface area contributed by atoms with Gasteiger partial charge in [-0.1, -0.05) is 18.6 Å². The highest BCUT2D eigenvalue weighted by Gasteiger charge is 2.17. The molecule has 0 saturated carbocycles. The first kappa shape index (κ1) is 17.8. The van der Waals surface area contributed by atoms with E-state index in [-0.39, 0.29) is 12.0 Å². The molecule has 1 aromatic rings. The van der Waals surface area contributed by atoms with Gasteiger partial charge in [-0.3, -0.25) is 4.79 Å². The number of hydrogen-bond acceptors (Lipinski definition) is 3. The largest absolute Gasteiger partial charge is 0.490 e. The van der Waals surface area contributed by atoms with Gasteiger partial charge in [0.1, 0.15) is 5.75 Å². The maximum atomic E-state index is 12.4. The minimum Gasteiger partial charge on any atom is -0.490 e. The summed E-state index contributed by atoms with van der Waals surface area (Å²) in [5.74, 6) is 0.609. The standard InChI is InChI=1S/C19H30N2O2/c1-15(2)23-18-11-5-4-10-17(18)19(22)20-12-8-14-21-13-7-6-9-16(21)3/h4-5,10-11,15-16H,6-9,12-14H2,1-3H3,(H,20,22). The molecule has 0 aliphatic carbocycles. The molecule has 1 aliphatic heterocycles. The van der Waals surface area contributed by atoms with Crippen molar-refractivity contribution in [1.29, 1.82) is 0 Å². The Kier molecular flexibility index (Phi) is 6.90. The number of carbonyl (C=O) groups is 1. The van der Waals surface area contributed by atoms with Gasteiger partial charge in [-0.25, -0.2) is 0 Å². The molecule has 2 rings (SSSR count). The number of benzene rings is 1. The third-order valence-corrected chi connectivity index (χ3v) is 4.34. The molecule has 0 spiro atoms. The summed E-state index contributed by atoms with van der Waals surface area (Å²) >= 11 is 0. The van der Waals surface area contributed by atoms with Crippen LogP contribution in [0.5, 0.6) is 5.75 Å². The Balaban J connectivity index is 1.78. The lowest BCUT2D eigenvalue weighted by Gasteiger charge is -2.33. The third kappa shape index (κ3) is 5.54. The van der Waals surface area contributed by atoms with Crippen molar-refractivity contribution in [2.75, 3.05) is 19.6 Å². The first-order chi connectivity index (χ1) is 11.1. The quantitative estimate of drug-likeness (QED) is 0.783. The maximum Gasteiger partial charge on any atom is 0.255 e. The molecule has 1 atom stereocenters. The Labute approximate surface area is 140 Å². The van der Waals surface area contributed by atoms with Crippen LogP contribution in [0, 0.1) is 0 Å². The van der Waals surface area contributed by atoms with Crippen molar-refractivity contribution in [1.82, 2.24) is 10.2 Å². The number of piperidine rings is 1. The molecule has 4 nitrogen and oxygen atoms in total. The second kappa shape index (κ2) is 8.92. The number of nitrogens with one attached hydrogen (secondary N) is 1. The van der Waals surface area contributed by atoms with Crippen molar-refractivity contribution in [2.24, 2.45) is 0 Å². The fraction of sp³-hybridized carbons (Fsp3) is 0.632. The Morgan fingerprint density at radius 3 is 2.87 bits per heavy atom. The third-order valence-electron chi connectivity index (χ3n) is 4.34. The van der Waals surface area contributed by atoms with Gasteiger partial charge >= 0.3 is 0 Å². The van der Waals surface area contributed by atoms with Gasteiger partial charge in [0, 0.05) is 19.1 Å². The average molecular weight is 318 g/mol. The topological polar surface area (TPSA) is 41.6 Å². The van der Waals surface area contributed by atoms with Crippen LogP contribution in [-0.4, -0.2) is 42.6 Å². The molecule has 1 aliphatic rings. The molecule has 1 saturated heterocycles. The zero-order chi connectivity index (χ0) is 16.7. The van der Waals surface area contributed by atoms with Crippen LogP contribution < -0.4 is 10.1 Å². The van der Waals surface area contributed by atoms with Gasteiger partial charge in [0.2, 0.25) is 0 Å². The second-order valence-corrected chi connectivity index (χ2v) is 6.65. The summed E-state index contributed by atoms with van der Waals surface area (Å²) < 4.78 is 5.71. The minimum absolute atomic E-state index is 0.0482. The van der Waals surface area contributed by atoms with Crippen LogP contribution in [0.3, 0.4) is 0 Å². The summed E-state index contributed by atoms with van der Waals surface area (Å²) in [6.45, 7) is 9.20. The first-order valence-corrected chi connectivity index (χ1v) is 8.86. The normalized spacial score (nSPS) is 18.9. The number of nitrogens with zero attached hydrogens (tertiary/aromatic N) is 1. The molecule has 0 bridgehead atoms. The highest BCUT2D eigenvalue weighted by atomic mass is 16.5. The molecule has 1 heterocycles. The van der Waals surface area contributed by atoms with Crippen LogP contribution in [0.15, 0.2) is 24.3 Å². The van der Waals surface area contributed by atoms with Crippen LogP contribution in [0.4, 0.5) is 0 Å². The SMILES string of the molecule is CC(C)Oc1ccccc1C(=O)NCCCN1CCCCC1C. The zero-order valence-corrected chi connectivity index (χ0v) is 14.7. The summed E-state index contributed by atoms with van der Waals surface area (Å²) in [4.78, 5) is 14.9. The van der Waals surface area contributed by atoms with E-state index >= 15 is 0 Å². The molecule has 1 aromatic carbocycles. The Hall–Kier alpha value is -1.55. The van der Waals surface area contributed by atoms with Gasteiger partial charge in [0.25, 0.3) is 5.91 Å². The average Bonchev–Trinajstić information content (AvgIpc) is 2.53. The number of para-hydroxylation sites is 1. The summed E-state index contributed by atoms with van der Waals surface area (Å²) in [6.07, 6.45) is 5.00. The van der Waals surface area contributed by atoms with E-state index in [9.17, 15) is 4.79 Å². The molecule has 1 fully saturated rings. The lowest BCUT2D eigenvalue weighted by atomic mass is 10.0. The van der Waals surface area contributed by atoms with E-state index in [4.69, 9.17) is 4.74 Å². The predicted octanol–water partition coefficient (Wildman–Crippen LogP) is 3.47. The second-order valence-electron chi connectivity index (χ2n) is 6.65. The van der Waals surface area contributed by atoms with Gasteiger partial charge in [0.05, 0.1) is 11.7 Å². The number of amides is 1. The van der Waals surface area contributed by atoms with E-state index in [1.165, 1.54) is 25.8 Å². The van der Waals surface area contributed by atoms with E-state index in [1.54, 1.807) is 0 Å². The smallest absolute Gasteiger partial charge is 0.255 e. The molecule has 1 N–H and O–H groups in total. The van der Waals surface area contributed by atoms with Crippen molar-refractivity contribution in [2.45, 2.75) is 58.6 Å². The minimum atomic E-state index is -0.0482. The van der Waals surface area contributed by atoms with Gasteiger partial charge < -0.3 is 15.0 Å². The van der Waals surface area contributed by atoms with Crippen molar-refractivity contribution in [3.63, 3.8) is 0 Å². The van der Waals surface area contributed by atoms with E-state index in [1.807, 2.05) is 38.1 Å². The lowest BCUT2D eigenvalue weighted by molar-refractivity contribution is 0.0943. The van der Waals surface area contributed by atoms with Gasteiger partial charge in [0.15, 0.2) is 0 Å². The van der Waals surface area contributed by atoms with E-state index in [0.717, 1.165) is 13.0 Å². The molecule has 1 amide bonds. The van der Waals surface area contributed by atoms with Crippen LogP contribution in [0.25, 0.3) is 0 Å². The number of rotatable bonds is 7. The number of carbonyl (C=O) groups excluding carboxylic acids is 1. The zero-order valence-electron chi connectivity index (χ0n) is 14.7. The molecule has 23 heavy (non-hydrogen) atoms. The monoisotopic (exact) mass is 318 g/mol. The van der Waals surface area contributed by atoms with Crippen LogP contribution in [-0.2, 0) is 0 Å². The molecule has 0 aromatic heterocycles. The van der Waals surface area contributed by atoms with Crippen LogP contribution in [0.1, 0.15) is 56.8 Å². The molecule has 128 valence electrons. The van der Waals surface area contributed by atoms with E-state index in [2.05, 4.69) is 17.1 Å². The highest BCUT2D eigenvalue weighted by Crippen LogP contribution is 2.19. The van der Waals surface area contributed by atoms with Gasteiger partial charge in [-0.15, -0.1) is 0 Å². The number of likely N-dealkylation sites (tertiary alicyclic amines) is 1. The van der Waals surface area contributed by atoms with Crippen molar-refractivity contribution >= 4 is 5.91 Å². The predicted molar refractivity (Wildman–Crippen MR) is 94.0 cm³/mol. The van der Waals surface area contributed by atoms with E-state index in [0.29, 0.717) is 23.9 Å². The maximum absolute atomic E-state index is 12.4. The van der Waals surface area contributed by atoms with E-state index < -0.39 is 0 Å². The summed E-state index contributed by atoms with van der Waals surface area (Å²) in [5.41, 5.74) is 0.618. The first-order valence-electron chi connectivity index (χ1n) is 8.86. The molecule has 1 unspecified atom stereocenters. The van der Waals surface area contributed by atoms with Crippen molar-refractivity contribution < 1.29 is 9.53 Å². The summed E-state index contributed by atoms with van der Waals surface area (Å²) in [6, 6.07) is 8.12. The fourth-order valence-corrected chi connectivity index (χ4v) is 3.08. The molecular formula is C19H30N2O2. The molecule has 0 radical (unpaired) electrons. The molecular weight excluding hydrogens is 288 g/mol. The molecule has 4 heteroatoms. The highest BCUT2D eigenvalue weighted by molar-refractivity contribution is 5.96. The van der Waals surface area contributed by atoms with Crippen molar-refractivity contribution in [3.05, 3.63) is 29.8 Å². The Morgan fingerprint density at radius 2 is 2.13 bits per heavy atom. The Morgan fingerprint density at radius 1 is 1.35 bits per heavy atom. The summed E-state index contributed by atoms with van der Waals surface area (Å²) in [5, 5.41) is 3.02. The van der Waals surface area contributed by atoms with Crippen molar-refractivity contribution in [3.8, 4) is 5.75 Å². The Bertz CT molecular complexity index is 502.